The average Bonchev–Trinajstić information content (AvgIpc) is 3.10. The van der Waals surface area contributed by atoms with Gasteiger partial charge in [-0.05, 0) is 97.7 Å². The molecule has 0 aromatic carbocycles. The topological polar surface area (TPSA) is 94.8 Å². The van der Waals surface area contributed by atoms with Crippen LogP contribution in [-0.2, 0) is 9.59 Å². The lowest BCUT2D eigenvalue weighted by Gasteiger charge is -2.58. The molecule has 8 atom stereocenters. The summed E-state index contributed by atoms with van der Waals surface area (Å²) in [6, 6.07) is 0. The number of rotatable bonds is 5. The van der Waals surface area contributed by atoms with Crippen LogP contribution in [0.25, 0.3) is 0 Å². The van der Waals surface area contributed by atoms with E-state index in [0.29, 0.717) is 10.8 Å². The summed E-state index contributed by atoms with van der Waals surface area (Å²) in [5.74, 6) is 3.79. The highest BCUT2D eigenvalue weighted by atomic mass is 16.4. The molecule has 0 amide bonds. The van der Waals surface area contributed by atoms with Gasteiger partial charge in [0.05, 0.1) is 6.10 Å². The third-order valence-corrected chi connectivity index (χ3v) is 10.3. The van der Waals surface area contributed by atoms with Gasteiger partial charge in [-0.3, -0.25) is 9.59 Å². The molecular weight excluding hydrogens is 452 g/mol. The lowest BCUT2D eigenvalue weighted by Crippen LogP contribution is -2.50. The van der Waals surface area contributed by atoms with E-state index in [1.807, 2.05) is 0 Å². The van der Waals surface area contributed by atoms with Gasteiger partial charge in [-0.25, -0.2) is 0 Å². The number of aliphatic carboxylic acids is 2. The maximum atomic E-state index is 10.2. The van der Waals surface area contributed by atoms with Crippen molar-refractivity contribution < 1.29 is 24.9 Å². The van der Waals surface area contributed by atoms with Gasteiger partial charge in [0.25, 0.3) is 11.9 Å². The largest absolute Gasteiger partial charge is 0.481 e. The molecule has 3 N–H and O–H groups in total. The Balaban J connectivity index is 0.000000501. The van der Waals surface area contributed by atoms with E-state index in [1.165, 1.54) is 57.8 Å². The van der Waals surface area contributed by atoms with E-state index in [2.05, 4.69) is 40.7 Å². The summed E-state index contributed by atoms with van der Waals surface area (Å²) in [6.45, 7) is 14.7. The van der Waals surface area contributed by atoms with Crippen molar-refractivity contribution in [3.8, 4) is 0 Å². The van der Waals surface area contributed by atoms with Crippen LogP contribution in [0.5, 0.6) is 0 Å². The molecule has 5 nitrogen and oxygen atoms in total. The summed E-state index contributed by atoms with van der Waals surface area (Å²) in [6.07, 6.45) is 17.2. The third kappa shape index (κ3) is 7.36. The van der Waals surface area contributed by atoms with E-state index in [4.69, 9.17) is 19.8 Å². The van der Waals surface area contributed by atoms with Crippen LogP contribution in [0.2, 0.25) is 0 Å². The second kappa shape index (κ2) is 12.9. The molecule has 0 spiro atoms. The molecule has 0 aliphatic heterocycles. The number of hydrogen-bond donors (Lipinski definition) is 3. The lowest BCUT2D eigenvalue weighted by molar-refractivity contribution is -0.135. The van der Waals surface area contributed by atoms with Crippen LogP contribution in [-0.4, -0.2) is 33.4 Å². The van der Waals surface area contributed by atoms with E-state index >= 15 is 0 Å². The highest BCUT2D eigenvalue weighted by molar-refractivity contribution is 5.63. The normalized spacial score (nSPS) is 37.6. The van der Waals surface area contributed by atoms with Crippen molar-refractivity contribution in [2.75, 3.05) is 0 Å². The molecule has 4 rings (SSSR count). The third-order valence-electron chi connectivity index (χ3n) is 10.3. The molecule has 0 heterocycles. The predicted octanol–water partition coefficient (Wildman–Crippen LogP) is 7.57. The number of carboxylic acids is 2. The quantitative estimate of drug-likeness (QED) is 0.334. The van der Waals surface area contributed by atoms with E-state index in [0.717, 1.165) is 62.2 Å². The first kappa shape index (κ1) is 30.9. The highest BCUT2D eigenvalue weighted by Gasteiger charge is 2.59. The van der Waals surface area contributed by atoms with Crippen LogP contribution in [0.3, 0.4) is 0 Å². The zero-order chi connectivity index (χ0) is 27.3. The van der Waals surface area contributed by atoms with Crippen molar-refractivity contribution in [2.24, 2.45) is 46.3 Å². The van der Waals surface area contributed by atoms with Crippen LogP contribution >= 0.6 is 0 Å². The van der Waals surface area contributed by atoms with Crippen LogP contribution in [0.1, 0.15) is 119 Å². The fourth-order valence-electron chi connectivity index (χ4n) is 8.67. The Bertz CT molecular complexity index is 753. The van der Waals surface area contributed by atoms with Gasteiger partial charge in [0, 0.05) is 13.8 Å². The zero-order valence-electron chi connectivity index (χ0n) is 24.1. The van der Waals surface area contributed by atoms with Crippen molar-refractivity contribution in [2.45, 2.75) is 125 Å². The molecule has 0 radical (unpaired) electrons. The Morgan fingerprint density at radius 2 is 1.56 bits per heavy atom. The zero-order valence-corrected chi connectivity index (χ0v) is 24.1. The molecule has 36 heavy (non-hydrogen) atoms. The van der Waals surface area contributed by atoms with Gasteiger partial charge < -0.3 is 15.3 Å². The molecule has 4 aliphatic rings. The number of fused-ring (bicyclic) bond motifs is 5. The molecule has 0 aromatic rings. The van der Waals surface area contributed by atoms with Gasteiger partial charge in [0.15, 0.2) is 0 Å². The van der Waals surface area contributed by atoms with Crippen molar-refractivity contribution >= 4 is 11.9 Å². The van der Waals surface area contributed by atoms with Crippen molar-refractivity contribution in [1.29, 1.82) is 0 Å². The van der Waals surface area contributed by atoms with E-state index in [1.54, 1.807) is 5.57 Å². The summed E-state index contributed by atoms with van der Waals surface area (Å²) in [4.78, 5) is 18.0. The van der Waals surface area contributed by atoms with Crippen molar-refractivity contribution in [3.05, 3.63) is 11.6 Å². The Labute approximate surface area is 220 Å². The standard InChI is InChI=1S/C27H46O.2C2H4O2/c1-18(2)7-6-8-19(3)23-11-12-24-22-10-9-20-17-21(28)13-15-26(20,4)25(22)14-16-27(23,24)5;2*1-2(3)4/h9,18-19,21-25,28H,6-8,10-17H2,1-5H3;2*1H3,(H,3,4)/t19-,21+,22+,23-,24+,25+,26+,27-;;/m1../s1. The van der Waals surface area contributed by atoms with Crippen LogP contribution < -0.4 is 0 Å². The minimum atomic E-state index is -0.833. The minimum absolute atomic E-state index is 0.0766. The van der Waals surface area contributed by atoms with Gasteiger partial charge in [-0.15, -0.1) is 0 Å². The van der Waals surface area contributed by atoms with Crippen molar-refractivity contribution in [1.82, 2.24) is 0 Å². The highest BCUT2D eigenvalue weighted by Crippen LogP contribution is 2.67. The van der Waals surface area contributed by atoms with E-state index in [9.17, 15) is 5.11 Å². The summed E-state index contributed by atoms with van der Waals surface area (Å²) in [5.41, 5.74) is 2.60. The average molecular weight is 507 g/mol. The molecule has 208 valence electrons. The van der Waals surface area contributed by atoms with Crippen LogP contribution in [0, 0.1) is 46.3 Å². The number of aliphatic hydroxyl groups is 1. The molecular formula is C31H54O5. The number of carbonyl (C=O) groups is 2. The van der Waals surface area contributed by atoms with Crippen LogP contribution in [0.15, 0.2) is 11.6 Å². The number of carboxylic acid groups (broad SMARTS) is 2. The van der Waals surface area contributed by atoms with Gasteiger partial charge in [-0.2, -0.15) is 0 Å². The van der Waals surface area contributed by atoms with Crippen molar-refractivity contribution in [3.63, 3.8) is 0 Å². The molecule has 0 saturated heterocycles. The summed E-state index contributed by atoms with van der Waals surface area (Å²) >= 11 is 0. The van der Waals surface area contributed by atoms with Crippen LogP contribution in [0.4, 0.5) is 0 Å². The van der Waals surface area contributed by atoms with E-state index < -0.39 is 11.9 Å². The SMILES string of the molecule is CC(=O)O.CC(=O)O.CC(C)CCC[C@@H](C)[C@H]1CC[C@H]2[C@@H]3CC=C4C[C@@H](O)CC[C@]4(C)[C@H]3CC[C@]12C. The smallest absolute Gasteiger partial charge is 0.300 e. The Morgan fingerprint density at radius 3 is 2.14 bits per heavy atom. The molecule has 3 saturated carbocycles. The number of aliphatic hydroxyl groups excluding tert-OH is 1. The molecule has 4 aliphatic carbocycles. The summed E-state index contributed by atoms with van der Waals surface area (Å²) in [7, 11) is 0. The lowest BCUT2D eigenvalue weighted by atomic mass is 9.47. The van der Waals surface area contributed by atoms with Gasteiger partial charge in [-0.1, -0.05) is 65.5 Å². The first-order chi connectivity index (χ1) is 16.7. The number of hydrogen-bond acceptors (Lipinski definition) is 3. The monoisotopic (exact) mass is 506 g/mol. The van der Waals surface area contributed by atoms with Gasteiger partial charge in [0.2, 0.25) is 0 Å². The van der Waals surface area contributed by atoms with Gasteiger partial charge >= 0.3 is 0 Å². The Morgan fingerprint density at radius 1 is 0.944 bits per heavy atom. The first-order valence-electron chi connectivity index (χ1n) is 14.5. The summed E-state index contributed by atoms with van der Waals surface area (Å²) < 4.78 is 0. The fourth-order valence-corrected chi connectivity index (χ4v) is 8.67. The first-order valence-corrected chi connectivity index (χ1v) is 14.5. The molecule has 3 fully saturated rings. The minimum Gasteiger partial charge on any atom is -0.481 e. The maximum Gasteiger partial charge on any atom is 0.300 e. The Hall–Kier alpha value is -1.36. The summed E-state index contributed by atoms with van der Waals surface area (Å²) in [5, 5.41) is 25.0. The fraction of sp³-hybridized carbons (Fsp3) is 0.871. The van der Waals surface area contributed by atoms with E-state index in [-0.39, 0.29) is 6.10 Å². The molecule has 5 heteroatoms. The predicted molar refractivity (Wildman–Crippen MR) is 146 cm³/mol. The molecule has 0 bridgehead atoms. The number of allylic oxidation sites excluding steroid dienone is 1. The molecule has 0 aromatic heterocycles. The Kier molecular flexibility index (Phi) is 11.1. The maximum absolute atomic E-state index is 10.2. The molecule has 0 unspecified atom stereocenters. The van der Waals surface area contributed by atoms with Gasteiger partial charge in [0.1, 0.15) is 0 Å². The second-order valence-electron chi connectivity index (χ2n) is 13.2. The second-order valence-corrected chi connectivity index (χ2v) is 13.2.